The van der Waals surface area contributed by atoms with Crippen LogP contribution in [0.1, 0.15) is 17.2 Å². The Morgan fingerprint density at radius 1 is 0.906 bits per heavy atom. The van der Waals surface area contributed by atoms with Crippen LogP contribution in [0.25, 0.3) is 5.76 Å². The van der Waals surface area contributed by atoms with Crippen LogP contribution in [0.15, 0.2) is 78.4 Å². The quantitative estimate of drug-likeness (QED) is 0.382. The van der Waals surface area contributed by atoms with Gasteiger partial charge in [0.25, 0.3) is 11.7 Å². The molecular weight excluding hydrogens is 413 g/mol. The molecule has 32 heavy (non-hydrogen) atoms. The third-order valence-electron chi connectivity index (χ3n) is 5.46. The normalized spacial score (nSPS) is 19.3. The number of nitrogens with zero attached hydrogens (tertiary/aromatic N) is 1. The maximum absolute atomic E-state index is 13.9. The van der Waals surface area contributed by atoms with Crippen LogP contribution in [0, 0.1) is 5.82 Å². The van der Waals surface area contributed by atoms with Gasteiger partial charge in [0, 0.05) is 11.3 Å². The molecule has 2 heterocycles. The summed E-state index contributed by atoms with van der Waals surface area (Å²) >= 11 is 0. The van der Waals surface area contributed by atoms with E-state index in [1.54, 1.807) is 54.6 Å². The number of benzene rings is 3. The number of hydrogen-bond donors (Lipinski definition) is 1. The number of carbonyl (C=O) groups excluding carboxylic acids is 2. The van der Waals surface area contributed by atoms with E-state index in [1.807, 2.05) is 0 Å². The fraction of sp³-hybridized carbons (Fsp3) is 0.120. The van der Waals surface area contributed by atoms with Crippen molar-refractivity contribution in [3.05, 3.63) is 95.3 Å². The second-order valence-corrected chi connectivity index (χ2v) is 7.42. The number of Topliss-reactive ketones (excluding diaryl/α,β-unsaturated/α-hetero) is 1. The third-order valence-corrected chi connectivity index (χ3v) is 5.46. The van der Waals surface area contributed by atoms with Gasteiger partial charge in [-0.15, -0.1) is 0 Å². The number of aliphatic hydroxyl groups excluding tert-OH is 1. The van der Waals surface area contributed by atoms with E-state index in [9.17, 15) is 19.1 Å². The highest BCUT2D eigenvalue weighted by Crippen LogP contribution is 2.43. The Hall–Kier alpha value is -4.13. The standard InChI is InChI=1S/C25H18FNO5/c26-17-7-4-8-18(14-17)27-22(15-5-2-1-3-6-15)21(24(29)25(27)30)23(28)16-9-10-19-20(13-16)32-12-11-31-19/h1-10,13-14,22,28H,11-12H2/b23-21-. The van der Waals surface area contributed by atoms with Crippen molar-refractivity contribution in [2.45, 2.75) is 6.04 Å². The molecule has 1 saturated heterocycles. The summed E-state index contributed by atoms with van der Waals surface area (Å²) < 4.78 is 25.0. The molecule has 3 aromatic carbocycles. The minimum atomic E-state index is -0.925. The zero-order valence-corrected chi connectivity index (χ0v) is 16.8. The molecule has 160 valence electrons. The molecule has 2 aliphatic rings. The predicted molar refractivity (Wildman–Crippen MR) is 115 cm³/mol. The molecule has 1 fully saturated rings. The maximum atomic E-state index is 13.9. The van der Waals surface area contributed by atoms with Crippen LogP contribution in [-0.2, 0) is 9.59 Å². The first-order valence-electron chi connectivity index (χ1n) is 10.1. The number of anilines is 1. The van der Waals surface area contributed by atoms with E-state index >= 15 is 0 Å². The number of hydrogen-bond acceptors (Lipinski definition) is 5. The second kappa shape index (κ2) is 7.85. The molecule has 5 rings (SSSR count). The van der Waals surface area contributed by atoms with Crippen molar-refractivity contribution in [1.29, 1.82) is 0 Å². The Morgan fingerprint density at radius 3 is 2.41 bits per heavy atom. The smallest absolute Gasteiger partial charge is 0.300 e. The molecule has 3 aromatic rings. The minimum absolute atomic E-state index is 0.0814. The van der Waals surface area contributed by atoms with Gasteiger partial charge in [-0.3, -0.25) is 14.5 Å². The van der Waals surface area contributed by atoms with E-state index in [0.717, 1.165) is 0 Å². The van der Waals surface area contributed by atoms with Gasteiger partial charge in [-0.1, -0.05) is 36.4 Å². The highest BCUT2D eigenvalue weighted by Gasteiger charge is 2.47. The van der Waals surface area contributed by atoms with E-state index in [0.29, 0.717) is 35.8 Å². The lowest BCUT2D eigenvalue weighted by molar-refractivity contribution is -0.132. The molecule has 0 aromatic heterocycles. The number of rotatable bonds is 3. The third kappa shape index (κ3) is 3.28. The van der Waals surface area contributed by atoms with Crippen molar-refractivity contribution in [2.24, 2.45) is 0 Å². The lowest BCUT2D eigenvalue weighted by atomic mass is 9.95. The molecule has 1 amide bonds. The van der Waals surface area contributed by atoms with Crippen LogP contribution >= 0.6 is 0 Å². The first kappa shape index (κ1) is 19.8. The zero-order valence-electron chi connectivity index (χ0n) is 16.8. The average Bonchev–Trinajstić information content (AvgIpc) is 3.09. The Balaban J connectivity index is 1.69. The summed E-state index contributed by atoms with van der Waals surface area (Å²) in [5.74, 6) is -1.60. The molecule has 0 aliphatic carbocycles. The molecule has 1 atom stereocenters. The van der Waals surface area contributed by atoms with Gasteiger partial charge in [0.1, 0.15) is 24.8 Å². The Labute approximate surface area is 183 Å². The summed E-state index contributed by atoms with van der Waals surface area (Å²) in [4.78, 5) is 27.4. The van der Waals surface area contributed by atoms with E-state index in [4.69, 9.17) is 9.47 Å². The highest BCUT2D eigenvalue weighted by molar-refractivity contribution is 6.51. The van der Waals surface area contributed by atoms with Crippen LogP contribution in [0.2, 0.25) is 0 Å². The summed E-state index contributed by atoms with van der Waals surface area (Å²) in [6.07, 6.45) is 0. The molecule has 6 nitrogen and oxygen atoms in total. The number of ketones is 1. The Morgan fingerprint density at radius 2 is 1.66 bits per heavy atom. The molecule has 7 heteroatoms. The summed E-state index contributed by atoms with van der Waals surface area (Å²) in [6.45, 7) is 0.788. The van der Waals surface area contributed by atoms with Crippen molar-refractivity contribution >= 4 is 23.1 Å². The number of fused-ring (bicyclic) bond motifs is 1. The van der Waals surface area contributed by atoms with Gasteiger partial charge in [0.05, 0.1) is 11.6 Å². The van der Waals surface area contributed by atoms with E-state index in [2.05, 4.69) is 0 Å². The molecule has 0 spiro atoms. The summed E-state index contributed by atoms with van der Waals surface area (Å²) in [6, 6.07) is 18.2. The first-order valence-corrected chi connectivity index (χ1v) is 10.1. The maximum Gasteiger partial charge on any atom is 0.300 e. The van der Waals surface area contributed by atoms with E-state index in [-0.39, 0.29) is 17.0 Å². The van der Waals surface area contributed by atoms with E-state index < -0.39 is 23.5 Å². The van der Waals surface area contributed by atoms with Crippen LogP contribution < -0.4 is 14.4 Å². The zero-order chi connectivity index (χ0) is 22.2. The monoisotopic (exact) mass is 431 g/mol. The molecule has 1 unspecified atom stereocenters. The summed E-state index contributed by atoms with van der Waals surface area (Å²) in [5, 5.41) is 11.2. The van der Waals surface area contributed by atoms with Crippen LogP contribution in [0.3, 0.4) is 0 Å². The van der Waals surface area contributed by atoms with Crippen LogP contribution in [-0.4, -0.2) is 30.0 Å². The van der Waals surface area contributed by atoms with Gasteiger partial charge in [-0.2, -0.15) is 0 Å². The van der Waals surface area contributed by atoms with Crippen LogP contribution in [0.4, 0.5) is 10.1 Å². The molecule has 0 saturated carbocycles. The van der Waals surface area contributed by atoms with Crippen molar-refractivity contribution in [2.75, 3.05) is 18.1 Å². The number of amides is 1. The van der Waals surface area contributed by atoms with Crippen molar-refractivity contribution in [3.8, 4) is 11.5 Å². The van der Waals surface area contributed by atoms with E-state index in [1.165, 1.54) is 23.1 Å². The fourth-order valence-electron chi connectivity index (χ4n) is 4.02. The van der Waals surface area contributed by atoms with Gasteiger partial charge in [-0.25, -0.2) is 4.39 Å². The SMILES string of the molecule is O=C1C(=O)N(c2cccc(F)c2)C(c2ccccc2)/C1=C(/O)c1ccc2c(c1)OCCO2. The average molecular weight is 431 g/mol. The van der Waals surface area contributed by atoms with Crippen molar-refractivity contribution in [3.63, 3.8) is 0 Å². The molecular formula is C25H18FNO5. The number of ether oxygens (including phenoxy) is 2. The topological polar surface area (TPSA) is 76.1 Å². The Kier molecular flexibility index (Phi) is 4.86. The lowest BCUT2D eigenvalue weighted by Crippen LogP contribution is -2.29. The van der Waals surface area contributed by atoms with Gasteiger partial charge < -0.3 is 14.6 Å². The minimum Gasteiger partial charge on any atom is -0.507 e. The van der Waals surface area contributed by atoms with Gasteiger partial charge in [0.15, 0.2) is 11.5 Å². The molecule has 1 N–H and O–H groups in total. The van der Waals surface area contributed by atoms with Gasteiger partial charge in [-0.05, 0) is 42.0 Å². The number of halogens is 1. The first-order chi connectivity index (χ1) is 15.5. The number of carbonyl (C=O) groups is 2. The van der Waals surface area contributed by atoms with Gasteiger partial charge in [0.2, 0.25) is 0 Å². The molecule has 0 radical (unpaired) electrons. The molecule has 2 aliphatic heterocycles. The van der Waals surface area contributed by atoms with Crippen molar-refractivity contribution in [1.82, 2.24) is 0 Å². The summed E-state index contributed by atoms with van der Waals surface area (Å²) in [7, 11) is 0. The summed E-state index contributed by atoms with van der Waals surface area (Å²) in [5.41, 5.74) is 1.06. The number of aliphatic hydroxyl groups is 1. The van der Waals surface area contributed by atoms with Gasteiger partial charge >= 0.3 is 0 Å². The largest absolute Gasteiger partial charge is 0.507 e. The fourth-order valence-corrected chi connectivity index (χ4v) is 4.02. The second-order valence-electron chi connectivity index (χ2n) is 7.42. The van der Waals surface area contributed by atoms with Crippen molar-refractivity contribution < 1.29 is 28.6 Å². The molecule has 0 bridgehead atoms. The Bertz CT molecular complexity index is 1250. The van der Waals surface area contributed by atoms with Crippen LogP contribution in [0.5, 0.6) is 11.5 Å². The lowest BCUT2D eigenvalue weighted by Gasteiger charge is -2.25. The predicted octanol–water partition coefficient (Wildman–Crippen LogP) is 4.22. The highest BCUT2D eigenvalue weighted by atomic mass is 19.1.